The molecular formula is C23H24BrCl3N2O3. The predicted octanol–water partition coefficient (Wildman–Crippen LogP) is 6.26. The molecule has 3 rings (SSSR count). The second-order valence-electron chi connectivity index (χ2n) is 7.79. The largest absolute Gasteiger partial charge is 0.483 e. The molecule has 0 heterocycles. The number of ether oxygens (including phenoxy) is 1. The zero-order valence-electron chi connectivity index (χ0n) is 17.5. The first-order chi connectivity index (χ1) is 15.2. The number of amides is 2. The molecule has 0 bridgehead atoms. The molecule has 2 amide bonds. The van der Waals surface area contributed by atoms with Crippen LogP contribution in [0.4, 0.5) is 0 Å². The number of carbonyl (C=O) groups excluding carboxylic acids is 2. The summed E-state index contributed by atoms with van der Waals surface area (Å²) in [7, 11) is 0. The Kier molecular flexibility index (Phi) is 9.12. The monoisotopic (exact) mass is 560 g/mol. The third-order valence-electron chi connectivity index (χ3n) is 5.47. The van der Waals surface area contributed by atoms with Crippen molar-refractivity contribution in [3.8, 4) is 5.75 Å². The minimum atomic E-state index is -0.702. The fraction of sp³-hybridized carbons (Fsp3) is 0.391. The lowest BCUT2D eigenvalue weighted by molar-refractivity contribution is -0.142. The Hall–Kier alpha value is -1.47. The van der Waals surface area contributed by atoms with Crippen molar-refractivity contribution in [3.63, 3.8) is 0 Å². The van der Waals surface area contributed by atoms with Gasteiger partial charge < -0.3 is 15.0 Å². The van der Waals surface area contributed by atoms with Crippen molar-refractivity contribution in [2.24, 2.45) is 0 Å². The van der Waals surface area contributed by atoms with E-state index in [9.17, 15) is 9.59 Å². The number of benzene rings is 2. The number of halogens is 4. The van der Waals surface area contributed by atoms with Crippen LogP contribution >= 0.6 is 50.7 Å². The molecule has 1 atom stereocenters. The topological polar surface area (TPSA) is 58.6 Å². The standard InChI is InChI=1S/C23H24BrCl3N2O3/c1-14(23(31)28-18-4-2-3-5-18)29(12-15-6-7-17(26)11-20(15)27)22(30)13-32-21-9-8-16(25)10-19(21)24/h6-11,14,18H,2-5,12-13H2,1H3,(H,28,31)/t14-/m0/s1. The molecule has 172 valence electrons. The van der Waals surface area contributed by atoms with Gasteiger partial charge >= 0.3 is 0 Å². The van der Waals surface area contributed by atoms with Crippen LogP contribution in [-0.2, 0) is 16.1 Å². The van der Waals surface area contributed by atoms with Gasteiger partial charge in [-0.25, -0.2) is 0 Å². The summed E-state index contributed by atoms with van der Waals surface area (Å²) in [5.74, 6) is -0.0507. The molecule has 0 spiro atoms. The van der Waals surface area contributed by atoms with Crippen LogP contribution in [0.2, 0.25) is 15.1 Å². The van der Waals surface area contributed by atoms with Gasteiger partial charge in [0, 0.05) is 27.7 Å². The summed E-state index contributed by atoms with van der Waals surface area (Å²) in [4.78, 5) is 27.6. The number of carbonyl (C=O) groups is 2. The highest BCUT2D eigenvalue weighted by Crippen LogP contribution is 2.28. The number of hydrogen-bond acceptors (Lipinski definition) is 3. The van der Waals surface area contributed by atoms with Gasteiger partial charge in [-0.1, -0.05) is 53.7 Å². The van der Waals surface area contributed by atoms with Gasteiger partial charge in [0.1, 0.15) is 11.8 Å². The molecule has 0 unspecified atom stereocenters. The van der Waals surface area contributed by atoms with E-state index in [-0.39, 0.29) is 31.0 Å². The highest BCUT2D eigenvalue weighted by molar-refractivity contribution is 9.10. The van der Waals surface area contributed by atoms with Gasteiger partial charge in [0.05, 0.1) is 4.47 Å². The van der Waals surface area contributed by atoms with Gasteiger partial charge in [-0.3, -0.25) is 9.59 Å². The van der Waals surface area contributed by atoms with E-state index >= 15 is 0 Å². The van der Waals surface area contributed by atoms with Crippen molar-refractivity contribution in [3.05, 3.63) is 61.5 Å². The van der Waals surface area contributed by atoms with Crippen molar-refractivity contribution in [1.29, 1.82) is 0 Å². The Bertz CT molecular complexity index is 983. The first kappa shape index (κ1) is 25.2. The minimum absolute atomic E-state index is 0.152. The fourth-order valence-electron chi connectivity index (χ4n) is 3.62. The second kappa shape index (κ2) is 11.6. The lowest BCUT2D eigenvalue weighted by Gasteiger charge is -2.30. The van der Waals surface area contributed by atoms with E-state index in [2.05, 4.69) is 21.2 Å². The molecule has 0 saturated heterocycles. The Morgan fingerprint density at radius 2 is 1.78 bits per heavy atom. The maximum absolute atomic E-state index is 13.2. The molecule has 0 aliphatic heterocycles. The molecule has 1 fully saturated rings. The molecule has 9 heteroatoms. The van der Waals surface area contributed by atoms with Crippen LogP contribution in [0.15, 0.2) is 40.9 Å². The fourth-order valence-corrected chi connectivity index (χ4v) is 4.89. The van der Waals surface area contributed by atoms with Crippen molar-refractivity contribution in [1.82, 2.24) is 10.2 Å². The quantitative estimate of drug-likeness (QED) is 0.413. The Labute approximate surface area is 211 Å². The van der Waals surface area contributed by atoms with E-state index in [0.29, 0.717) is 30.9 Å². The van der Waals surface area contributed by atoms with Crippen LogP contribution in [0.3, 0.4) is 0 Å². The summed E-state index contributed by atoms with van der Waals surface area (Å²) >= 11 is 21.7. The first-order valence-electron chi connectivity index (χ1n) is 10.4. The highest BCUT2D eigenvalue weighted by atomic mass is 79.9. The van der Waals surface area contributed by atoms with Gasteiger partial charge in [-0.05, 0) is 71.6 Å². The molecule has 2 aromatic rings. The summed E-state index contributed by atoms with van der Waals surface area (Å²) in [6, 6.07) is 9.56. The van der Waals surface area contributed by atoms with Crippen molar-refractivity contribution in [2.45, 2.75) is 51.2 Å². The lowest BCUT2D eigenvalue weighted by atomic mass is 10.1. The highest BCUT2D eigenvalue weighted by Gasteiger charge is 2.29. The average Bonchev–Trinajstić information content (AvgIpc) is 3.25. The molecule has 1 aliphatic rings. The Morgan fingerprint density at radius 1 is 1.12 bits per heavy atom. The maximum atomic E-state index is 13.2. The number of nitrogens with zero attached hydrogens (tertiary/aromatic N) is 1. The third-order valence-corrected chi connectivity index (χ3v) is 6.91. The van der Waals surface area contributed by atoms with Crippen molar-refractivity contribution >= 4 is 62.5 Å². The normalized spacial score (nSPS) is 14.8. The van der Waals surface area contributed by atoms with E-state index in [1.165, 1.54) is 4.90 Å². The summed E-state index contributed by atoms with van der Waals surface area (Å²) in [6.07, 6.45) is 4.13. The van der Waals surface area contributed by atoms with E-state index in [1.807, 2.05) is 0 Å². The van der Waals surface area contributed by atoms with Gasteiger partial charge in [0.2, 0.25) is 5.91 Å². The minimum Gasteiger partial charge on any atom is -0.483 e. The third kappa shape index (κ3) is 6.77. The molecule has 0 radical (unpaired) electrons. The average molecular weight is 563 g/mol. The lowest BCUT2D eigenvalue weighted by Crippen LogP contribution is -2.50. The van der Waals surface area contributed by atoms with Gasteiger partial charge in [0.25, 0.3) is 5.91 Å². The van der Waals surface area contributed by atoms with Crippen LogP contribution in [0, 0.1) is 0 Å². The summed E-state index contributed by atoms with van der Waals surface area (Å²) in [6.45, 7) is 1.62. The smallest absolute Gasteiger partial charge is 0.261 e. The molecule has 0 aromatic heterocycles. The molecule has 1 N–H and O–H groups in total. The summed E-state index contributed by atoms with van der Waals surface area (Å²) in [5.41, 5.74) is 0.692. The van der Waals surface area contributed by atoms with Crippen LogP contribution in [0.5, 0.6) is 5.75 Å². The summed E-state index contributed by atoms with van der Waals surface area (Å²) < 4.78 is 6.34. The summed E-state index contributed by atoms with van der Waals surface area (Å²) in [5, 5.41) is 4.54. The Balaban J connectivity index is 1.76. The van der Waals surface area contributed by atoms with E-state index in [1.54, 1.807) is 43.3 Å². The molecule has 1 aliphatic carbocycles. The van der Waals surface area contributed by atoms with E-state index in [4.69, 9.17) is 39.5 Å². The number of hydrogen-bond donors (Lipinski definition) is 1. The zero-order chi connectivity index (χ0) is 23.3. The Morgan fingerprint density at radius 3 is 2.44 bits per heavy atom. The van der Waals surface area contributed by atoms with Crippen LogP contribution in [0.25, 0.3) is 0 Å². The number of nitrogens with one attached hydrogen (secondary N) is 1. The van der Waals surface area contributed by atoms with Crippen LogP contribution in [-0.4, -0.2) is 35.4 Å². The molecule has 2 aromatic carbocycles. The number of rotatable bonds is 8. The zero-order valence-corrected chi connectivity index (χ0v) is 21.4. The second-order valence-corrected chi connectivity index (χ2v) is 9.92. The molecule has 32 heavy (non-hydrogen) atoms. The van der Waals surface area contributed by atoms with Crippen LogP contribution in [0.1, 0.15) is 38.2 Å². The van der Waals surface area contributed by atoms with E-state index in [0.717, 1.165) is 25.7 Å². The van der Waals surface area contributed by atoms with Crippen molar-refractivity contribution in [2.75, 3.05) is 6.61 Å². The SMILES string of the molecule is C[C@@H](C(=O)NC1CCCC1)N(Cc1ccc(Cl)cc1Cl)C(=O)COc1ccc(Cl)cc1Br. The van der Waals surface area contributed by atoms with Crippen LogP contribution < -0.4 is 10.1 Å². The van der Waals surface area contributed by atoms with Gasteiger partial charge in [0.15, 0.2) is 6.61 Å². The van der Waals surface area contributed by atoms with E-state index < -0.39 is 6.04 Å². The predicted molar refractivity (Wildman–Crippen MR) is 132 cm³/mol. The first-order valence-corrected chi connectivity index (χ1v) is 12.3. The van der Waals surface area contributed by atoms with Gasteiger partial charge in [-0.2, -0.15) is 0 Å². The molecular weight excluding hydrogens is 539 g/mol. The van der Waals surface area contributed by atoms with Crippen molar-refractivity contribution < 1.29 is 14.3 Å². The molecule has 1 saturated carbocycles. The molecule has 5 nitrogen and oxygen atoms in total. The maximum Gasteiger partial charge on any atom is 0.261 e. The van der Waals surface area contributed by atoms with Gasteiger partial charge in [-0.15, -0.1) is 0 Å².